The highest BCUT2D eigenvalue weighted by Crippen LogP contribution is 2.15. The van der Waals surface area contributed by atoms with Gasteiger partial charge >= 0.3 is 24.0 Å². The highest BCUT2D eigenvalue weighted by atomic mass is 19.4. The molecule has 1 amide bonds. The Labute approximate surface area is 102 Å². The topological polar surface area (TPSA) is 92.7 Å². The van der Waals surface area contributed by atoms with Crippen molar-refractivity contribution in [2.75, 3.05) is 0 Å². The van der Waals surface area contributed by atoms with E-state index in [4.69, 9.17) is 6.48 Å². The van der Waals surface area contributed by atoms with Crippen LogP contribution in [0.1, 0.15) is 21.6 Å². The largest absolute Gasteiger partial charge is 0.481 e. The summed E-state index contributed by atoms with van der Waals surface area (Å²) in [6.45, 7) is 2.70. The number of amides is 1. The molecular weight excluding hydrogens is 259 g/mol. The Hall–Kier alpha value is -1.80. The number of carboxylic acid groups (broad SMARTS) is 1. The van der Waals surface area contributed by atoms with Crippen molar-refractivity contribution in [3.05, 3.63) is 0 Å². The number of rotatable bonds is 5. The molecule has 0 aliphatic rings. The minimum absolute atomic E-state index is 0.784. The summed E-state index contributed by atoms with van der Waals surface area (Å²) >= 11 is 0. The number of halogens is 3. The standard InChI is InChI=1S/C9H12F3NO5/c1-4(2)18-7(16)5(3-6(14)15)13-8(17)9(10,11)12/h4-5H,3H2,1-2H3,(H,13,17)(H,14,15)/i5D. The molecule has 104 valence electrons. The van der Waals surface area contributed by atoms with Crippen molar-refractivity contribution in [1.29, 1.82) is 0 Å². The molecule has 0 saturated heterocycles. The average Bonchev–Trinajstić information content (AvgIpc) is 2.13. The van der Waals surface area contributed by atoms with Crippen molar-refractivity contribution >= 4 is 17.8 Å². The molecule has 0 rings (SSSR count). The number of esters is 1. The third-order valence-corrected chi connectivity index (χ3v) is 1.44. The predicted molar refractivity (Wildman–Crippen MR) is 51.5 cm³/mol. The summed E-state index contributed by atoms with van der Waals surface area (Å²) in [5.41, 5.74) is 0. The average molecular weight is 272 g/mol. The molecule has 18 heavy (non-hydrogen) atoms. The molecule has 0 spiro atoms. The van der Waals surface area contributed by atoms with Crippen LogP contribution in [0.5, 0.6) is 0 Å². The molecule has 0 aliphatic heterocycles. The second-order valence-electron chi connectivity index (χ2n) is 3.46. The van der Waals surface area contributed by atoms with E-state index >= 15 is 0 Å². The molecule has 0 aromatic heterocycles. The lowest BCUT2D eigenvalue weighted by molar-refractivity contribution is -0.176. The number of aliphatic carboxylic acids is 1. The summed E-state index contributed by atoms with van der Waals surface area (Å²) in [5.74, 6) is -5.91. The molecule has 0 saturated carbocycles. The van der Waals surface area contributed by atoms with Gasteiger partial charge in [-0.05, 0) is 13.8 Å². The fourth-order valence-electron chi connectivity index (χ4n) is 0.812. The molecule has 0 heterocycles. The van der Waals surface area contributed by atoms with Crippen LogP contribution >= 0.6 is 0 Å². The summed E-state index contributed by atoms with van der Waals surface area (Å²) in [6.07, 6.45) is -7.49. The number of carbonyl (C=O) groups excluding carboxylic acids is 2. The molecule has 9 heteroatoms. The molecular formula is C9H12F3NO5. The van der Waals surface area contributed by atoms with Crippen molar-refractivity contribution < 1.29 is 38.8 Å². The first-order valence-corrected chi connectivity index (χ1v) is 4.70. The van der Waals surface area contributed by atoms with Crippen LogP contribution in [-0.4, -0.2) is 41.3 Å². The highest BCUT2D eigenvalue weighted by Gasteiger charge is 2.41. The van der Waals surface area contributed by atoms with Crippen LogP contribution in [-0.2, 0) is 19.1 Å². The quantitative estimate of drug-likeness (QED) is 0.709. The molecule has 6 nitrogen and oxygen atoms in total. The summed E-state index contributed by atoms with van der Waals surface area (Å²) in [6, 6.07) is -3.04. The number of carbonyl (C=O) groups is 3. The van der Waals surface area contributed by atoms with Crippen LogP contribution in [0.3, 0.4) is 0 Å². The van der Waals surface area contributed by atoms with Crippen LogP contribution in [0.4, 0.5) is 13.2 Å². The first-order chi connectivity index (χ1) is 8.38. The lowest BCUT2D eigenvalue weighted by Crippen LogP contribution is -2.48. The second kappa shape index (κ2) is 6.22. The molecule has 0 aliphatic carbocycles. The Bertz CT molecular complexity index is 385. The number of alkyl halides is 3. The molecule has 2 N–H and O–H groups in total. The number of nitrogens with one attached hydrogen (secondary N) is 1. The summed E-state index contributed by atoms with van der Waals surface area (Å²) in [7, 11) is 0. The molecule has 0 radical (unpaired) electrons. The molecule has 0 bridgehead atoms. The third kappa shape index (κ3) is 6.06. The maximum atomic E-state index is 12.0. The van der Waals surface area contributed by atoms with Crippen LogP contribution < -0.4 is 5.32 Å². The minimum Gasteiger partial charge on any atom is -0.481 e. The Morgan fingerprint density at radius 3 is 2.22 bits per heavy atom. The number of ether oxygens (including phenoxy) is 1. The van der Waals surface area contributed by atoms with Crippen LogP contribution in [0.25, 0.3) is 0 Å². The van der Waals surface area contributed by atoms with Crippen molar-refractivity contribution in [3.63, 3.8) is 0 Å². The van der Waals surface area contributed by atoms with E-state index in [-0.39, 0.29) is 0 Å². The Morgan fingerprint density at radius 2 is 1.89 bits per heavy atom. The second-order valence-corrected chi connectivity index (χ2v) is 3.46. The van der Waals surface area contributed by atoms with Crippen molar-refractivity contribution in [3.8, 4) is 0 Å². The van der Waals surface area contributed by atoms with Crippen LogP contribution in [0.2, 0.25) is 0 Å². The van der Waals surface area contributed by atoms with Gasteiger partial charge in [0.1, 0.15) is 6.02 Å². The van der Waals surface area contributed by atoms with Crippen molar-refractivity contribution in [2.45, 2.75) is 38.6 Å². The fraction of sp³-hybridized carbons (Fsp3) is 0.667. The third-order valence-electron chi connectivity index (χ3n) is 1.44. The van der Waals surface area contributed by atoms with Gasteiger partial charge in [-0.3, -0.25) is 9.59 Å². The van der Waals surface area contributed by atoms with E-state index < -0.39 is 42.6 Å². The van der Waals surface area contributed by atoms with Gasteiger partial charge in [-0.15, -0.1) is 0 Å². The minimum atomic E-state index is -5.34. The summed E-state index contributed by atoms with van der Waals surface area (Å²) in [4.78, 5) is 32.6. The van der Waals surface area contributed by atoms with E-state index in [1.54, 1.807) is 0 Å². The van der Waals surface area contributed by atoms with E-state index in [1.165, 1.54) is 13.8 Å². The van der Waals surface area contributed by atoms with E-state index in [9.17, 15) is 27.6 Å². The van der Waals surface area contributed by atoms with Gasteiger partial charge in [-0.2, -0.15) is 13.2 Å². The van der Waals surface area contributed by atoms with Crippen LogP contribution in [0.15, 0.2) is 0 Å². The van der Waals surface area contributed by atoms with Gasteiger partial charge in [0.05, 0.1) is 13.9 Å². The zero-order valence-corrected chi connectivity index (χ0v) is 9.50. The van der Waals surface area contributed by atoms with Gasteiger partial charge in [-0.1, -0.05) is 0 Å². The zero-order chi connectivity index (χ0) is 15.4. The maximum Gasteiger partial charge on any atom is 0.471 e. The Kier molecular flexibility index (Phi) is 4.93. The van der Waals surface area contributed by atoms with E-state index in [1.807, 2.05) is 0 Å². The van der Waals surface area contributed by atoms with Gasteiger partial charge in [0.2, 0.25) is 0 Å². The van der Waals surface area contributed by atoms with E-state index in [0.717, 1.165) is 5.32 Å². The van der Waals surface area contributed by atoms with E-state index in [2.05, 4.69) is 4.74 Å². The lowest BCUT2D eigenvalue weighted by Gasteiger charge is -2.18. The van der Waals surface area contributed by atoms with Gasteiger partial charge in [0.25, 0.3) is 0 Å². The normalized spacial score (nSPS) is 15.6. The monoisotopic (exact) mass is 272 g/mol. The van der Waals surface area contributed by atoms with E-state index in [0.29, 0.717) is 0 Å². The lowest BCUT2D eigenvalue weighted by atomic mass is 10.2. The Morgan fingerprint density at radius 1 is 1.39 bits per heavy atom. The molecule has 0 fully saturated rings. The molecule has 0 aromatic carbocycles. The highest BCUT2D eigenvalue weighted by molar-refractivity contribution is 5.89. The van der Waals surface area contributed by atoms with Gasteiger partial charge in [0, 0.05) is 0 Å². The number of carboxylic acids is 1. The molecule has 1 unspecified atom stereocenters. The van der Waals surface area contributed by atoms with Gasteiger partial charge in [0.15, 0.2) is 0 Å². The first kappa shape index (κ1) is 14.3. The predicted octanol–water partition coefficient (Wildman–Crippen LogP) is 0.460. The smallest absolute Gasteiger partial charge is 0.471 e. The first-order valence-electron chi connectivity index (χ1n) is 5.20. The number of hydrogen-bond acceptors (Lipinski definition) is 4. The summed E-state index contributed by atoms with van der Waals surface area (Å²) < 4.78 is 48.0. The van der Waals surface area contributed by atoms with Gasteiger partial charge in [-0.25, -0.2) is 4.79 Å². The van der Waals surface area contributed by atoms with Crippen LogP contribution in [0, 0.1) is 0 Å². The zero-order valence-electron chi connectivity index (χ0n) is 10.5. The fourth-order valence-corrected chi connectivity index (χ4v) is 0.812. The van der Waals surface area contributed by atoms with Crippen molar-refractivity contribution in [2.24, 2.45) is 0 Å². The maximum absolute atomic E-state index is 12.0. The summed E-state index contributed by atoms with van der Waals surface area (Å²) in [5, 5.41) is 9.50. The Balaban J connectivity index is 5.13. The molecule has 0 aromatic rings. The molecule has 1 atom stereocenters. The van der Waals surface area contributed by atoms with Gasteiger partial charge < -0.3 is 15.2 Å². The SMILES string of the molecule is [2H]C(CC(=O)O)(NC(=O)C(F)(F)F)C(=O)OC(C)C. The number of hydrogen-bond donors (Lipinski definition) is 2. The van der Waals surface area contributed by atoms with Crippen molar-refractivity contribution in [1.82, 2.24) is 5.32 Å².